The van der Waals surface area contributed by atoms with Crippen molar-refractivity contribution in [3.8, 4) is 5.75 Å². The van der Waals surface area contributed by atoms with Gasteiger partial charge in [0.05, 0.1) is 19.0 Å². The fraction of sp³-hybridized carbons (Fsp3) is 0.538. The normalized spacial score (nSPS) is 13.2. The topological polar surface area (TPSA) is 98.6 Å². The Morgan fingerprint density at radius 2 is 1.24 bits per heavy atom. The van der Waals surface area contributed by atoms with Crippen LogP contribution in [0.4, 0.5) is 0 Å². The zero-order chi connectivity index (χ0) is 26.1. The molecule has 34 heavy (non-hydrogen) atoms. The van der Waals surface area contributed by atoms with Gasteiger partial charge in [0, 0.05) is 33.9 Å². The SMILES string of the molecule is C[C@H](CC(=O)OC(C)(C)C)c1ccc(Br)cn1.C[C@H](CC(=O)OC(C)(C)C)c1ccc(O)cn1. The van der Waals surface area contributed by atoms with E-state index in [-0.39, 0.29) is 35.9 Å². The zero-order valence-corrected chi connectivity index (χ0v) is 23.0. The van der Waals surface area contributed by atoms with Crippen molar-refractivity contribution < 1.29 is 24.2 Å². The Balaban J connectivity index is 0.000000340. The van der Waals surface area contributed by atoms with Gasteiger partial charge in [-0.2, -0.15) is 0 Å². The number of esters is 2. The maximum Gasteiger partial charge on any atom is 0.306 e. The van der Waals surface area contributed by atoms with Gasteiger partial charge in [-0.1, -0.05) is 13.8 Å². The van der Waals surface area contributed by atoms with Crippen molar-refractivity contribution in [2.75, 3.05) is 0 Å². The maximum absolute atomic E-state index is 11.7. The van der Waals surface area contributed by atoms with E-state index < -0.39 is 11.2 Å². The van der Waals surface area contributed by atoms with Crippen LogP contribution in [0.1, 0.15) is 91.5 Å². The standard InChI is InChI=1S/C13H18BrNO2.C13H19NO3/c1-9(7-12(16)17-13(2,3)4)11-6-5-10(14)8-15-11;1-9(7-12(16)17-13(2,3)4)11-6-5-10(15)8-14-11/h5-6,8-9H,7H2,1-4H3;5-6,8-9,15H,7H2,1-4H3/t2*9-/m11/s1. The average Bonchev–Trinajstić information content (AvgIpc) is 2.66. The Morgan fingerprint density at radius 3 is 1.56 bits per heavy atom. The fourth-order valence-corrected chi connectivity index (χ4v) is 3.08. The Kier molecular flexibility index (Phi) is 11.2. The highest BCUT2D eigenvalue weighted by Crippen LogP contribution is 2.22. The van der Waals surface area contributed by atoms with Crippen LogP contribution in [0.25, 0.3) is 0 Å². The van der Waals surface area contributed by atoms with Crippen LogP contribution in [0.15, 0.2) is 41.1 Å². The first-order valence-corrected chi connectivity index (χ1v) is 12.0. The van der Waals surface area contributed by atoms with E-state index in [1.165, 1.54) is 6.20 Å². The van der Waals surface area contributed by atoms with Gasteiger partial charge in [-0.3, -0.25) is 19.6 Å². The van der Waals surface area contributed by atoms with E-state index in [9.17, 15) is 9.59 Å². The molecule has 0 saturated heterocycles. The zero-order valence-electron chi connectivity index (χ0n) is 21.4. The summed E-state index contributed by atoms with van der Waals surface area (Å²) in [5, 5.41) is 9.12. The molecule has 0 aliphatic rings. The first-order valence-electron chi connectivity index (χ1n) is 11.3. The van der Waals surface area contributed by atoms with Gasteiger partial charge in [0.2, 0.25) is 0 Å². The smallest absolute Gasteiger partial charge is 0.306 e. The minimum Gasteiger partial charge on any atom is -0.506 e. The summed E-state index contributed by atoms with van der Waals surface area (Å²) in [6, 6.07) is 7.12. The van der Waals surface area contributed by atoms with Crippen LogP contribution in [0.3, 0.4) is 0 Å². The highest BCUT2D eigenvalue weighted by Gasteiger charge is 2.20. The molecule has 0 spiro atoms. The van der Waals surface area contributed by atoms with Crippen LogP contribution in [0.2, 0.25) is 0 Å². The summed E-state index contributed by atoms with van der Waals surface area (Å²) in [5.41, 5.74) is 0.788. The molecule has 0 fully saturated rings. The number of aromatic nitrogens is 2. The van der Waals surface area contributed by atoms with Crippen molar-refractivity contribution >= 4 is 27.9 Å². The highest BCUT2D eigenvalue weighted by atomic mass is 79.9. The van der Waals surface area contributed by atoms with Gasteiger partial charge in [0.25, 0.3) is 0 Å². The van der Waals surface area contributed by atoms with Crippen molar-refractivity contribution in [3.05, 3.63) is 52.5 Å². The molecule has 0 saturated carbocycles. The van der Waals surface area contributed by atoms with E-state index in [0.29, 0.717) is 6.42 Å². The van der Waals surface area contributed by atoms with Crippen LogP contribution in [-0.2, 0) is 19.1 Å². The second-order valence-electron chi connectivity index (χ2n) is 10.2. The second-order valence-corrected chi connectivity index (χ2v) is 11.1. The lowest BCUT2D eigenvalue weighted by atomic mass is 10.0. The molecule has 2 atom stereocenters. The van der Waals surface area contributed by atoms with E-state index >= 15 is 0 Å². The Bertz CT molecular complexity index is 839. The largest absolute Gasteiger partial charge is 0.506 e. The average molecular weight is 537 g/mol. The minimum absolute atomic E-state index is 0.0227. The maximum atomic E-state index is 11.7. The van der Waals surface area contributed by atoms with Gasteiger partial charge in [-0.15, -0.1) is 0 Å². The quantitative estimate of drug-likeness (QED) is 0.432. The predicted octanol–water partition coefficient (Wildman–Crippen LogP) is 6.30. The molecular weight excluding hydrogens is 500 g/mol. The fourth-order valence-electron chi connectivity index (χ4n) is 2.84. The molecule has 0 bridgehead atoms. The molecule has 0 aromatic carbocycles. The van der Waals surface area contributed by atoms with E-state index in [0.717, 1.165) is 15.9 Å². The third kappa shape index (κ3) is 12.7. The van der Waals surface area contributed by atoms with Crippen LogP contribution in [-0.4, -0.2) is 38.2 Å². The monoisotopic (exact) mass is 536 g/mol. The lowest BCUT2D eigenvalue weighted by Crippen LogP contribution is -2.24. The van der Waals surface area contributed by atoms with Crippen LogP contribution in [0, 0.1) is 0 Å². The van der Waals surface area contributed by atoms with Gasteiger partial charge in [0.15, 0.2) is 0 Å². The van der Waals surface area contributed by atoms with E-state index in [4.69, 9.17) is 14.6 Å². The van der Waals surface area contributed by atoms with E-state index in [1.807, 2.05) is 67.5 Å². The van der Waals surface area contributed by atoms with Crippen molar-refractivity contribution in [2.24, 2.45) is 0 Å². The van der Waals surface area contributed by atoms with Gasteiger partial charge >= 0.3 is 11.9 Å². The van der Waals surface area contributed by atoms with E-state index in [1.54, 1.807) is 18.3 Å². The molecule has 0 unspecified atom stereocenters. The third-order valence-electron chi connectivity index (χ3n) is 4.32. The predicted molar refractivity (Wildman–Crippen MR) is 136 cm³/mol. The summed E-state index contributed by atoms with van der Waals surface area (Å²) in [6.07, 6.45) is 3.75. The second kappa shape index (κ2) is 12.8. The number of carbonyl (C=O) groups is 2. The number of hydrogen-bond acceptors (Lipinski definition) is 7. The first kappa shape index (κ1) is 29.6. The van der Waals surface area contributed by atoms with Gasteiger partial charge in [0.1, 0.15) is 17.0 Å². The molecular formula is C26H37BrN2O5. The van der Waals surface area contributed by atoms with Crippen molar-refractivity contribution in [1.29, 1.82) is 0 Å². The summed E-state index contributed by atoms with van der Waals surface area (Å²) >= 11 is 3.33. The number of halogens is 1. The first-order chi connectivity index (χ1) is 15.6. The van der Waals surface area contributed by atoms with Crippen LogP contribution in [0.5, 0.6) is 5.75 Å². The number of ether oxygens (including phenoxy) is 2. The van der Waals surface area contributed by atoms with Crippen LogP contribution < -0.4 is 0 Å². The molecule has 0 amide bonds. The minimum atomic E-state index is -0.459. The molecule has 0 aliphatic heterocycles. The Hall–Kier alpha value is -2.48. The number of rotatable bonds is 6. The molecule has 2 aromatic rings. The molecule has 0 aliphatic carbocycles. The summed E-state index contributed by atoms with van der Waals surface area (Å²) < 4.78 is 11.5. The van der Waals surface area contributed by atoms with Gasteiger partial charge in [-0.25, -0.2) is 0 Å². The Morgan fingerprint density at radius 1 is 0.824 bits per heavy atom. The number of nitrogens with zero attached hydrogens (tertiary/aromatic N) is 2. The molecule has 7 nitrogen and oxygen atoms in total. The molecule has 8 heteroatoms. The number of carbonyl (C=O) groups excluding carboxylic acids is 2. The molecule has 2 rings (SSSR count). The van der Waals surface area contributed by atoms with Crippen molar-refractivity contribution in [1.82, 2.24) is 9.97 Å². The van der Waals surface area contributed by atoms with Crippen molar-refractivity contribution in [3.63, 3.8) is 0 Å². The summed E-state index contributed by atoms with van der Waals surface area (Å²) in [6.45, 7) is 15.0. The summed E-state index contributed by atoms with van der Waals surface area (Å²) in [7, 11) is 0. The number of pyridine rings is 2. The summed E-state index contributed by atoms with van der Waals surface area (Å²) in [4.78, 5) is 31.6. The lowest BCUT2D eigenvalue weighted by molar-refractivity contribution is -0.156. The van der Waals surface area contributed by atoms with Crippen molar-refractivity contribution in [2.45, 2.75) is 91.3 Å². The van der Waals surface area contributed by atoms with Crippen LogP contribution >= 0.6 is 15.9 Å². The number of hydrogen-bond donors (Lipinski definition) is 1. The summed E-state index contributed by atoms with van der Waals surface area (Å²) in [5.74, 6) is -0.254. The molecule has 188 valence electrons. The lowest BCUT2D eigenvalue weighted by Gasteiger charge is -2.20. The van der Waals surface area contributed by atoms with Gasteiger partial charge < -0.3 is 14.6 Å². The molecule has 2 heterocycles. The van der Waals surface area contributed by atoms with Gasteiger partial charge in [-0.05, 0) is 81.7 Å². The molecule has 1 N–H and O–H groups in total. The highest BCUT2D eigenvalue weighted by molar-refractivity contribution is 9.10. The molecule has 0 radical (unpaired) electrons. The molecule has 2 aromatic heterocycles. The van der Waals surface area contributed by atoms with E-state index in [2.05, 4.69) is 25.9 Å². The third-order valence-corrected chi connectivity index (χ3v) is 4.79. The Labute approximate surface area is 211 Å². The number of aromatic hydroxyl groups is 1.